The molecule has 2 N–H and O–H groups in total. The molecule has 1 aromatic carbocycles. The van der Waals surface area contributed by atoms with Gasteiger partial charge in [0, 0.05) is 47.7 Å². The van der Waals surface area contributed by atoms with Crippen LogP contribution in [-0.2, 0) is 24.0 Å². The SMILES string of the molecule is COc1cc(O)ccc1[C@H]1C2=CC[C@@H]3C(=O)N(CCCC(=O)O)C(=O)[C@@H]3[C@@H]2CC2=C1C(=O)C=C(Br)C2=O. The summed E-state index contributed by atoms with van der Waals surface area (Å²) < 4.78 is 5.66. The number of carboxylic acid groups (broad SMARTS) is 1. The van der Waals surface area contributed by atoms with Crippen LogP contribution in [0.2, 0.25) is 0 Å². The molecule has 1 aromatic rings. The van der Waals surface area contributed by atoms with Crippen molar-refractivity contribution in [3.05, 3.63) is 57.1 Å². The second kappa shape index (κ2) is 9.41. The van der Waals surface area contributed by atoms with Gasteiger partial charge in [0.15, 0.2) is 11.6 Å². The van der Waals surface area contributed by atoms with Gasteiger partial charge in [0.25, 0.3) is 0 Å². The monoisotopic (exact) mass is 569 g/mol. The van der Waals surface area contributed by atoms with Gasteiger partial charge in [-0.1, -0.05) is 17.7 Å². The van der Waals surface area contributed by atoms with Crippen LogP contribution in [0.3, 0.4) is 0 Å². The lowest BCUT2D eigenvalue weighted by atomic mass is 9.59. The smallest absolute Gasteiger partial charge is 0.303 e. The van der Waals surface area contributed by atoms with Gasteiger partial charge in [0.2, 0.25) is 11.8 Å². The Labute approximate surface area is 220 Å². The van der Waals surface area contributed by atoms with Crippen LogP contribution in [0.25, 0.3) is 0 Å². The van der Waals surface area contributed by atoms with Gasteiger partial charge in [-0.2, -0.15) is 0 Å². The van der Waals surface area contributed by atoms with Crippen LogP contribution >= 0.6 is 15.9 Å². The maximum atomic E-state index is 13.5. The molecular formula is C27H24BrNO8. The fraction of sp³-hybridized carbons (Fsp3) is 0.370. The third-order valence-electron chi connectivity index (χ3n) is 7.72. The van der Waals surface area contributed by atoms with E-state index >= 15 is 0 Å². The zero-order valence-corrected chi connectivity index (χ0v) is 21.5. The summed E-state index contributed by atoms with van der Waals surface area (Å²) in [6.07, 6.45) is 3.57. The summed E-state index contributed by atoms with van der Waals surface area (Å²) in [5.41, 5.74) is 1.95. The van der Waals surface area contributed by atoms with Crippen molar-refractivity contribution < 1.29 is 38.9 Å². The third kappa shape index (κ3) is 4.03. The normalized spacial score (nSPS) is 26.9. The molecule has 192 valence electrons. The molecule has 0 aromatic heterocycles. The number of carbonyl (C=O) groups is 5. The number of ether oxygens (including phenoxy) is 1. The van der Waals surface area contributed by atoms with Crippen LogP contribution in [-0.4, -0.2) is 58.1 Å². The Morgan fingerprint density at radius 2 is 1.92 bits per heavy atom. The summed E-state index contributed by atoms with van der Waals surface area (Å²) in [6, 6.07) is 4.55. The molecule has 10 heteroatoms. The number of aromatic hydroxyl groups is 1. The van der Waals surface area contributed by atoms with Crippen LogP contribution in [0.4, 0.5) is 0 Å². The maximum Gasteiger partial charge on any atom is 0.303 e. The third-order valence-corrected chi connectivity index (χ3v) is 8.31. The number of halogens is 1. The van der Waals surface area contributed by atoms with E-state index in [0.717, 1.165) is 10.5 Å². The number of carboxylic acids is 1. The van der Waals surface area contributed by atoms with Crippen molar-refractivity contribution in [2.24, 2.45) is 17.8 Å². The molecule has 0 bridgehead atoms. The van der Waals surface area contributed by atoms with E-state index in [1.807, 2.05) is 6.08 Å². The average molecular weight is 570 g/mol. The van der Waals surface area contributed by atoms with E-state index in [2.05, 4.69) is 15.9 Å². The number of phenols is 1. The molecule has 0 spiro atoms. The lowest BCUT2D eigenvalue weighted by molar-refractivity contribution is -0.142. The molecule has 9 nitrogen and oxygen atoms in total. The number of rotatable bonds is 6. The summed E-state index contributed by atoms with van der Waals surface area (Å²) in [5.74, 6) is -4.59. The van der Waals surface area contributed by atoms with E-state index in [4.69, 9.17) is 9.84 Å². The number of carbonyl (C=O) groups excluding carboxylic acids is 4. The number of aliphatic carboxylic acids is 1. The predicted octanol–water partition coefficient (Wildman–Crippen LogP) is 3.03. The molecule has 1 fully saturated rings. The standard InChI is InChI=1S/C27H24BrNO8/c1-37-20-9-12(30)4-5-14(20)22-13-6-7-15-23(27(36)29(26(15)35)8-2-3-21(32)33)16(13)10-17-24(22)19(31)11-18(28)25(17)34/h4-6,9,11,15-16,22-23,30H,2-3,7-8,10H2,1H3,(H,32,33)/t15-,16+,22+,23-/m0/s1. The second-order valence-electron chi connectivity index (χ2n) is 9.65. The molecule has 1 heterocycles. The van der Waals surface area contributed by atoms with Gasteiger partial charge in [-0.25, -0.2) is 0 Å². The number of likely N-dealkylation sites (tertiary alicyclic amines) is 1. The summed E-state index contributed by atoms with van der Waals surface area (Å²) in [7, 11) is 1.44. The van der Waals surface area contributed by atoms with E-state index in [1.165, 1.54) is 25.3 Å². The number of ketones is 2. The number of fused-ring (bicyclic) bond motifs is 3. The van der Waals surface area contributed by atoms with Crippen molar-refractivity contribution >= 4 is 45.3 Å². The first kappa shape index (κ1) is 25.1. The minimum absolute atomic E-state index is 0.0217. The molecule has 0 unspecified atom stereocenters. The number of methoxy groups -OCH3 is 1. The van der Waals surface area contributed by atoms with Crippen LogP contribution in [0.1, 0.15) is 37.2 Å². The minimum atomic E-state index is -1.00. The highest BCUT2D eigenvalue weighted by Gasteiger charge is 2.56. The van der Waals surface area contributed by atoms with E-state index in [1.54, 1.807) is 6.07 Å². The molecule has 5 rings (SSSR count). The summed E-state index contributed by atoms with van der Waals surface area (Å²) in [4.78, 5) is 65.3. The number of benzene rings is 1. The molecule has 2 amide bonds. The average Bonchev–Trinajstić information content (AvgIpc) is 3.11. The van der Waals surface area contributed by atoms with Crippen molar-refractivity contribution in [3.63, 3.8) is 0 Å². The van der Waals surface area contributed by atoms with Crippen molar-refractivity contribution in [3.8, 4) is 11.5 Å². The molecule has 37 heavy (non-hydrogen) atoms. The number of allylic oxidation sites excluding steroid dienone is 6. The highest BCUT2D eigenvalue weighted by molar-refractivity contribution is 9.12. The van der Waals surface area contributed by atoms with Crippen LogP contribution in [0, 0.1) is 17.8 Å². The highest BCUT2D eigenvalue weighted by Crippen LogP contribution is 2.56. The maximum absolute atomic E-state index is 13.5. The Kier molecular flexibility index (Phi) is 6.39. The van der Waals surface area contributed by atoms with Crippen molar-refractivity contribution in [1.82, 2.24) is 4.90 Å². The van der Waals surface area contributed by atoms with Crippen molar-refractivity contribution in [1.29, 1.82) is 0 Å². The van der Waals surface area contributed by atoms with E-state index in [-0.39, 0.29) is 65.8 Å². The topological polar surface area (TPSA) is 138 Å². The predicted molar refractivity (Wildman–Crippen MR) is 133 cm³/mol. The van der Waals surface area contributed by atoms with Gasteiger partial charge in [-0.05, 0) is 47.2 Å². The first-order valence-electron chi connectivity index (χ1n) is 12.0. The Morgan fingerprint density at radius 3 is 2.62 bits per heavy atom. The fourth-order valence-electron chi connectivity index (χ4n) is 6.17. The number of hydrogen-bond donors (Lipinski definition) is 2. The van der Waals surface area contributed by atoms with Gasteiger partial charge in [0.05, 0.1) is 23.4 Å². The zero-order chi connectivity index (χ0) is 26.6. The van der Waals surface area contributed by atoms with E-state index < -0.39 is 29.6 Å². The Balaban J connectivity index is 1.61. The molecule has 1 aliphatic heterocycles. The second-order valence-corrected chi connectivity index (χ2v) is 10.5. The van der Waals surface area contributed by atoms with E-state index in [9.17, 15) is 29.1 Å². The molecule has 0 saturated carbocycles. The lowest BCUT2D eigenvalue weighted by Crippen LogP contribution is -2.39. The number of Topliss-reactive ketones (excluding diaryl/α,β-unsaturated/α-hetero) is 1. The minimum Gasteiger partial charge on any atom is -0.508 e. The lowest BCUT2D eigenvalue weighted by Gasteiger charge is -2.42. The zero-order valence-electron chi connectivity index (χ0n) is 19.9. The molecular weight excluding hydrogens is 546 g/mol. The highest BCUT2D eigenvalue weighted by atomic mass is 79.9. The van der Waals surface area contributed by atoms with E-state index in [0.29, 0.717) is 22.5 Å². The summed E-state index contributed by atoms with van der Waals surface area (Å²) >= 11 is 3.19. The van der Waals surface area contributed by atoms with Gasteiger partial charge < -0.3 is 14.9 Å². The number of nitrogens with zero attached hydrogens (tertiary/aromatic N) is 1. The Morgan fingerprint density at radius 1 is 1.16 bits per heavy atom. The van der Waals surface area contributed by atoms with Crippen molar-refractivity contribution in [2.75, 3.05) is 13.7 Å². The van der Waals surface area contributed by atoms with Gasteiger partial charge in [-0.15, -0.1) is 0 Å². The first-order valence-corrected chi connectivity index (χ1v) is 12.8. The summed E-state index contributed by atoms with van der Waals surface area (Å²) in [5, 5.41) is 19.0. The van der Waals surface area contributed by atoms with Crippen LogP contribution in [0.5, 0.6) is 11.5 Å². The van der Waals surface area contributed by atoms with Crippen LogP contribution in [0.15, 0.2) is 51.6 Å². The van der Waals surface area contributed by atoms with Gasteiger partial charge >= 0.3 is 5.97 Å². The molecule has 4 atom stereocenters. The molecule has 1 saturated heterocycles. The quantitative estimate of drug-likeness (QED) is 0.303. The Hall–Kier alpha value is -3.53. The fourth-order valence-corrected chi connectivity index (χ4v) is 6.62. The van der Waals surface area contributed by atoms with Gasteiger partial charge in [-0.3, -0.25) is 28.9 Å². The van der Waals surface area contributed by atoms with Crippen LogP contribution < -0.4 is 4.74 Å². The number of phenolic OH excluding ortho intramolecular Hbond substituents is 1. The molecule has 0 radical (unpaired) electrons. The first-order chi connectivity index (χ1) is 17.6. The number of hydrogen-bond acceptors (Lipinski definition) is 7. The largest absolute Gasteiger partial charge is 0.508 e. The van der Waals surface area contributed by atoms with Crippen molar-refractivity contribution in [2.45, 2.75) is 31.6 Å². The number of imide groups is 1. The Bertz CT molecular complexity index is 1360. The number of amides is 2. The molecule has 4 aliphatic rings. The van der Waals surface area contributed by atoms with Gasteiger partial charge in [0.1, 0.15) is 11.5 Å². The molecule has 3 aliphatic carbocycles. The summed E-state index contributed by atoms with van der Waals surface area (Å²) in [6.45, 7) is 0.0217.